The van der Waals surface area contributed by atoms with Gasteiger partial charge in [0.2, 0.25) is 0 Å². The van der Waals surface area contributed by atoms with Crippen LogP contribution in [0.25, 0.3) is 22.3 Å². The van der Waals surface area contributed by atoms with Crippen LogP contribution in [0.15, 0.2) is 59.9 Å². The molecule has 1 aliphatic rings. The summed E-state index contributed by atoms with van der Waals surface area (Å²) in [5, 5.41) is 11.7. The highest BCUT2D eigenvalue weighted by Gasteiger charge is 2.24. The number of hydrogen-bond acceptors (Lipinski definition) is 7. The van der Waals surface area contributed by atoms with Crippen molar-refractivity contribution in [3.8, 4) is 11.3 Å². The molecule has 32 heavy (non-hydrogen) atoms. The summed E-state index contributed by atoms with van der Waals surface area (Å²) in [5.41, 5.74) is 9.87. The lowest BCUT2D eigenvalue weighted by molar-refractivity contribution is 0.0977. The van der Waals surface area contributed by atoms with Crippen molar-refractivity contribution in [1.82, 2.24) is 30.4 Å². The summed E-state index contributed by atoms with van der Waals surface area (Å²) >= 11 is 0. The Morgan fingerprint density at radius 2 is 2.12 bits per heavy atom. The Bertz CT molecular complexity index is 1220. The molecule has 1 amide bonds. The van der Waals surface area contributed by atoms with E-state index in [-0.39, 0.29) is 11.9 Å². The molecule has 9 nitrogen and oxygen atoms in total. The number of aliphatic imine (C=N–C) groups is 1. The molecule has 1 atom stereocenters. The van der Waals surface area contributed by atoms with Gasteiger partial charge in [-0.2, -0.15) is 5.10 Å². The van der Waals surface area contributed by atoms with Gasteiger partial charge in [-0.25, -0.2) is 14.6 Å². The van der Waals surface area contributed by atoms with Crippen molar-refractivity contribution in [2.45, 2.75) is 19.4 Å². The Balaban J connectivity index is 1.65. The van der Waals surface area contributed by atoms with Crippen LogP contribution in [0.1, 0.15) is 29.7 Å². The highest BCUT2D eigenvalue weighted by Crippen LogP contribution is 2.32. The van der Waals surface area contributed by atoms with E-state index in [1.165, 1.54) is 6.33 Å². The van der Waals surface area contributed by atoms with Gasteiger partial charge in [-0.05, 0) is 43.7 Å². The minimum absolute atomic E-state index is 0.212. The first-order valence-corrected chi connectivity index (χ1v) is 10.4. The molecule has 1 aliphatic heterocycles. The second kappa shape index (κ2) is 9.11. The van der Waals surface area contributed by atoms with Gasteiger partial charge < -0.3 is 16.4 Å². The molecule has 3 aromatic rings. The number of rotatable bonds is 5. The maximum Gasteiger partial charge on any atom is 0.256 e. The molecule has 0 radical (unpaired) electrons. The van der Waals surface area contributed by atoms with Crippen LogP contribution in [-0.4, -0.2) is 51.6 Å². The second-order valence-corrected chi connectivity index (χ2v) is 7.63. The van der Waals surface area contributed by atoms with Gasteiger partial charge in [-0.1, -0.05) is 24.8 Å². The van der Waals surface area contributed by atoms with Crippen molar-refractivity contribution in [3.63, 3.8) is 0 Å². The fourth-order valence-corrected chi connectivity index (χ4v) is 3.70. The van der Waals surface area contributed by atoms with Gasteiger partial charge in [0.25, 0.3) is 5.91 Å². The smallest absolute Gasteiger partial charge is 0.256 e. The largest absolute Gasteiger partial charge is 0.383 e. The average molecular weight is 431 g/mol. The molecule has 1 saturated heterocycles. The molecule has 4 rings (SSSR count). The SMILES string of the molecule is C=C/C(C)=C\C(=NC)NC(=O)c1ccc(-c2nn(C3CCNC3)c3ncnc(N)c23)cc1. The number of carbonyl (C=O) groups is 1. The molecule has 9 heteroatoms. The zero-order chi connectivity index (χ0) is 22.7. The number of carbonyl (C=O) groups excluding carboxylic acids is 1. The van der Waals surface area contributed by atoms with E-state index < -0.39 is 0 Å². The number of benzene rings is 1. The minimum atomic E-state index is -0.250. The molecule has 2 aromatic heterocycles. The fourth-order valence-electron chi connectivity index (χ4n) is 3.70. The number of nitrogens with two attached hydrogens (primary N) is 1. The zero-order valence-electron chi connectivity index (χ0n) is 18.2. The summed E-state index contributed by atoms with van der Waals surface area (Å²) in [6, 6.07) is 7.43. The van der Waals surface area contributed by atoms with E-state index in [1.807, 2.05) is 23.7 Å². The molecule has 3 heterocycles. The third-order valence-electron chi connectivity index (χ3n) is 5.49. The van der Waals surface area contributed by atoms with Crippen LogP contribution in [-0.2, 0) is 0 Å². The predicted molar refractivity (Wildman–Crippen MR) is 126 cm³/mol. The van der Waals surface area contributed by atoms with Crippen molar-refractivity contribution in [2.75, 3.05) is 25.9 Å². The summed E-state index contributed by atoms with van der Waals surface area (Å²) in [6.45, 7) is 7.38. The van der Waals surface area contributed by atoms with Gasteiger partial charge in [-0.3, -0.25) is 9.79 Å². The maximum atomic E-state index is 12.7. The number of aromatic nitrogens is 4. The van der Waals surface area contributed by atoms with Gasteiger partial charge in [0, 0.05) is 24.7 Å². The fraction of sp³-hybridized carbons (Fsp3) is 0.261. The molecule has 0 spiro atoms. The van der Waals surface area contributed by atoms with Crippen LogP contribution in [0, 0.1) is 0 Å². The van der Waals surface area contributed by atoms with E-state index in [0.717, 1.165) is 41.7 Å². The van der Waals surface area contributed by atoms with Crippen LogP contribution >= 0.6 is 0 Å². The van der Waals surface area contributed by atoms with Crippen molar-refractivity contribution in [3.05, 3.63) is 60.5 Å². The number of hydrogen-bond donors (Lipinski definition) is 3. The van der Waals surface area contributed by atoms with Crippen LogP contribution in [0.5, 0.6) is 0 Å². The van der Waals surface area contributed by atoms with Gasteiger partial charge >= 0.3 is 0 Å². The Kier molecular flexibility index (Phi) is 6.09. The summed E-state index contributed by atoms with van der Waals surface area (Å²) < 4.78 is 1.93. The number of anilines is 1. The summed E-state index contributed by atoms with van der Waals surface area (Å²) in [4.78, 5) is 25.4. The van der Waals surface area contributed by atoms with E-state index in [2.05, 4.69) is 32.2 Å². The van der Waals surface area contributed by atoms with Crippen molar-refractivity contribution in [2.24, 2.45) is 4.99 Å². The third-order valence-corrected chi connectivity index (χ3v) is 5.49. The average Bonchev–Trinajstić information content (AvgIpc) is 3.47. The topological polar surface area (TPSA) is 123 Å². The Morgan fingerprint density at radius 3 is 2.78 bits per heavy atom. The van der Waals surface area contributed by atoms with E-state index in [0.29, 0.717) is 22.9 Å². The van der Waals surface area contributed by atoms with Gasteiger partial charge in [0.15, 0.2) is 5.65 Å². The first kappa shape index (κ1) is 21.4. The van der Waals surface area contributed by atoms with E-state index in [9.17, 15) is 4.79 Å². The lowest BCUT2D eigenvalue weighted by Gasteiger charge is -2.09. The first-order valence-electron chi connectivity index (χ1n) is 10.4. The van der Waals surface area contributed by atoms with Gasteiger partial charge in [-0.15, -0.1) is 0 Å². The molecular weight excluding hydrogens is 404 g/mol. The Morgan fingerprint density at radius 1 is 1.34 bits per heavy atom. The highest BCUT2D eigenvalue weighted by molar-refractivity contribution is 6.10. The van der Waals surface area contributed by atoms with Crippen molar-refractivity contribution < 1.29 is 4.79 Å². The second-order valence-electron chi connectivity index (χ2n) is 7.63. The molecule has 1 aromatic carbocycles. The number of fused-ring (bicyclic) bond motifs is 1. The highest BCUT2D eigenvalue weighted by atomic mass is 16.1. The van der Waals surface area contributed by atoms with Crippen LogP contribution < -0.4 is 16.4 Å². The zero-order valence-corrected chi connectivity index (χ0v) is 18.2. The lowest BCUT2D eigenvalue weighted by atomic mass is 10.1. The molecule has 0 bridgehead atoms. The van der Waals surface area contributed by atoms with Gasteiger partial charge in [0.1, 0.15) is 23.7 Å². The summed E-state index contributed by atoms with van der Waals surface area (Å²) in [7, 11) is 1.62. The number of nitrogen functional groups attached to an aromatic ring is 1. The number of amides is 1. The standard InChI is InChI=1S/C23H26N8O/c1-4-14(2)11-18(25-3)29-23(32)16-7-5-15(6-8-16)20-19-21(24)27-13-28-22(19)31(30-20)17-9-10-26-12-17/h4-8,11,13,17,26H,1,9-10,12H2,2-3H3,(H2,24,27,28)(H,25,29,32)/b14-11-. The molecule has 4 N–H and O–H groups in total. The molecule has 0 aliphatic carbocycles. The van der Waals surface area contributed by atoms with E-state index >= 15 is 0 Å². The molecule has 1 unspecified atom stereocenters. The maximum absolute atomic E-state index is 12.7. The monoisotopic (exact) mass is 430 g/mol. The molecule has 164 valence electrons. The van der Waals surface area contributed by atoms with Gasteiger partial charge in [0.05, 0.1) is 11.4 Å². The predicted octanol–water partition coefficient (Wildman–Crippen LogP) is 2.50. The van der Waals surface area contributed by atoms with Crippen LogP contribution in [0.3, 0.4) is 0 Å². The lowest BCUT2D eigenvalue weighted by Crippen LogP contribution is -2.29. The first-order chi connectivity index (χ1) is 15.5. The van der Waals surface area contributed by atoms with Crippen molar-refractivity contribution >= 4 is 28.6 Å². The summed E-state index contributed by atoms with van der Waals surface area (Å²) in [6.07, 6.45) is 5.90. The van der Waals surface area contributed by atoms with E-state index in [4.69, 9.17) is 10.8 Å². The molecule has 0 saturated carbocycles. The minimum Gasteiger partial charge on any atom is -0.383 e. The van der Waals surface area contributed by atoms with E-state index in [1.54, 1.807) is 31.3 Å². The number of nitrogens with one attached hydrogen (secondary N) is 2. The molecule has 1 fully saturated rings. The van der Waals surface area contributed by atoms with Crippen molar-refractivity contribution in [1.29, 1.82) is 0 Å². The van der Waals surface area contributed by atoms with Crippen LogP contribution in [0.2, 0.25) is 0 Å². The normalized spacial score (nSPS) is 17.0. The number of nitrogens with zero attached hydrogens (tertiary/aromatic N) is 5. The Hall–Kier alpha value is -3.85. The summed E-state index contributed by atoms with van der Waals surface area (Å²) in [5.74, 6) is 0.606. The number of allylic oxidation sites excluding steroid dienone is 2. The quantitative estimate of drug-likeness (QED) is 0.325. The number of amidine groups is 1. The Labute approximate surface area is 186 Å². The third kappa shape index (κ3) is 4.15. The van der Waals surface area contributed by atoms with Crippen LogP contribution in [0.4, 0.5) is 5.82 Å². The molecular formula is C23H26N8O.